The Morgan fingerprint density at radius 2 is 1.63 bits per heavy atom. The van der Waals surface area contributed by atoms with Crippen molar-refractivity contribution in [2.24, 2.45) is 17.8 Å². The Hall–Kier alpha value is -1.22. The van der Waals surface area contributed by atoms with Gasteiger partial charge in [0.15, 0.2) is 0 Å². The second-order valence-corrected chi connectivity index (χ2v) is 8.72. The third-order valence-electron chi connectivity index (χ3n) is 6.77. The van der Waals surface area contributed by atoms with E-state index in [1.54, 1.807) is 0 Å². The lowest BCUT2D eigenvalue weighted by Gasteiger charge is -2.32. The second kappa shape index (κ2) is 9.82. The highest BCUT2D eigenvalue weighted by Crippen LogP contribution is 2.36. The molecule has 2 fully saturated rings. The van der Waals surface area contributed by atoms with Gasteiger partial charge in [-0.15, -0.1) is 6.58 Å². The molecule has 1 aromatic carbocycles. The minimum atomic E-state index is -2.42. The van der Waals surface area contributed by atoms with Crippen LogP contribution in [-0.4, -0.2) is 12.5 Å². The van der Waals surface area contributed by atoms with E-state index in [0.717, 1.165) is 37.2 Å². The number of allylic oxidation sites excluding steroid dienone is 1. The van der Waals surface area contributed by atoms with Gasteiger partial charge in [-0.3, -0.25) is 0 Å². The van der Waals surface area contributed by atoms with Gasteiger partial charge in [0.25, 0.3) is 6.43 Å². The first kappa shape index (κ1) is 20.5. The molecule has 2 saturated carbocycles. The van der Waals surface area contributed by atoms with Crippen molar-refractivity contribution in [2.45, 2.75) is 83.3 Å². The number of benzene rings is 1. The summed E-state index contributed by atoms with van der Waals surface area (Å²) in [6.07, 6.45) is 7.26. The molecule has 0 heterocycles. The van der Waals surface area contributed by atoms with Crippen LogP contribution in [-0.2, 0) is 11.3 Å². The topological polar surface area (TPSA) is 9.23 Å². The molecule has 150 valence electrons. The molecule has 0 bridgehead atoms. The van der Waals surface area contributed by atoms with E-state index in [9.17, 15) is 8.78 Å². The second-order valence-electron chi connectivity index (χ2n) is 8.72. The summed E-state index contributed by atoms with van der Waals surface area (Å²) < 4.78 is 32.8. The maximum Gasteiger partial charge on any atom is 0.264 e. The van der Waals surface area contributed by atoms with Crippen LogP contribution in [0.5, 0.6) is 0 Å². The summed E-state index contributed by atoms with van der Waals surface area (Å²) in [6.45, 7) is 6.44. The predicted molar refractivity (Wildman–Crippen MR) is 107 cm³/mol. The summed E-state index contributed by atoms with van der Waals surface area (Å²) in [5, 5.41) is 0. The first-order valence-corrected chi connectivity index (χ1v) is 10.7. The van der Waals surface area contributed by atoms with Crippen LogP contribution >= 0.6 is 0 Å². The highest BCUT2D eigenvalue weighted by atomic mass is 19.3. The monoisotopic (exact) mass is 376 g/mol. The predicted octanol–water partition coefficient (Wildman–Crippen LogP) is 7.12. The molecule has 1 nitrogen and oxygen atoms in total. The number of ether oxygens (including phenoxy) is 1. The Labute approximate surface area is 163 Å². The van der Waals surface area contributed by atoms with Crippen LogP contribution in [0.25, 0.3) is 0 Å². The molecule has 2 aliphatic rings. The lowest BCUT2D eigenvalue weighted by molar-refractivity contribution is -0.101. The molecule has 3 rings (SSSR count). The molecule has 1 atom stereocenters. The van der Waals surface area contributed by atoms with E-state index in [1.165, 1.54) is 31.2 Å². The molecule has 0 radical (unpaired) electrons. The van der Waals surface area contributed by atoms with Crippen molar-refractivity contribution in [3.05, 3.63) is 48.0 Å². The van der Waals surface area contributed by atoms with Gasteiger partial charge in [-0.1, -0.05) is 50.1 Å². The highest BCUT2D eigenvalue weighted by Gasteiger charge is 2.33. The molecule has 0 aromatic heterocycles. The first-order valence-electron chi connectivity index (χ1n) is 10.7. The van der Waals surface area contributed by atoms with Crippen LogP contribution in [0.4, 0.5) is 8.78 Å². The summed E-state index contributed by atoms with van der Waals surface area (Å²) in [7, 11) is 0. The van der Waals surface area contributed by atoms with Gasteiger partial charge < -0.3 is 4.74 Å². The number of halogens is 2. The Morgan fingerprint density at radius 1 is 1.00 bits per heavy atom. The molecule has 1 unspecified atom stereocenters. The van der Waals surface area contributed by atoms with Crippen molar-refractivity contribution in [3.63, 3.8) is 0 Å². The summed E-state index contributed by atoms with van der Waals surface area (Å²) in [6, 6.07) is 8.47. The van der Waals surface area contributed by atoms with Crippen LogP contribution < -0.4 is 0 Å². The third kappa shape index (κ3) is 5.63. The molecule has 0 amide bonds. The summed E-state index contributed by atoms with van der Waals surface area (Å²) >= 11 is 0. The standard InChI is InChI=1S/C24H34F2O/c1-3-18-6-14-22(15-7-18)23(24(25)26)27-16-19-8-12-21(13-9-19)20-10-4-17(2)5-11-20/h3,8-9,12-13,17-18,20,22-24H,1,4-7,10-11,14-16H2,2H3. The van der Waals surface area contributed by atoms with E-state index in [-0.39, 0.29) is 12.5 Å². The van der Waals surface area contributed by atoms with E-state index in [1.807, 2.05) is 6.08 Å². The van der Waals surface area contributed by atoms with Crippen molar-refractivity contribution in [2.75, 3.05) is 0 Å². The van der Waals surface area contributed by atoms with Crippen LogP contribution in [0.2, 0.25) is 0 Å². The van der Waals surface area contributed by atoms with Crippen LogP contribution in [0, 0.1) is 17.8 Å². The maximum atomic E-state index is 13.6. The number of alkyl halides is 2. The van der Waals surface area contributed by atoms with Gasteiger partial charge in [-0.05, 0) is 73.3 Å². The van der Waals surface area contributed by atoms with Gasteiger partial charge in [0.2, 0.25) is 0 Å². The molecule has 0 saturated heterocycles. The molecule has 27 heavy (non-hydrogen) atoms. The zero-order valence-corrected chi connectivity index (χ0v) is 16.6. The fourth-order valence-electron chi connectivity index (χ4n) is 4.80. The molecule has 0 spiro atoms. The number of hydrogen-bond acceptors (Lipinski definition) is 1. The van der Waals surface area contributed by atoms with Crippen molar-refractivity contribution in [3.8, 4) is 0 Å². The van der Waals surface area contributed by atoms with E-state index in [2.05, 4.69) is 37.8 Å². The number of rotatable bonds is 7. The molecule has 2 aliphatic carbocycles. The minimum absolute atomic E-state index is 0.0373. The average molecular weight is 377 g/mol. The molecular weight excluding hydrogens is 342 g/mol. The zero-order valence-electron chi connectivity index (χ0n) is 16.6. The Bertz CT molecular complexity index is 567. The Kier molecular flexibility index (Phi) is 7.46. The minimum Gasteiger partial charge on any atom is -0.367 e. The van der Waals surface area contributed by atoms with Gasteiger partial charge in [0, 0.05) is 0 Å². The van der Waals surface area contributed by atoms with Gasteiger partial charge >= 0.3 is 0 Å². The Balaban J connectivity index is 1.52. The van der Waals surface area contributed by atoms with E-state index in [4.69, 9.17) is 4.74 Å². The SMILES string of the molecule is C=CC1CCC(C(OCc2ccc(C3CCC(C)CC3)cc2)C(F)F)CC1. The molecule has 3 heteroatoms. The van der Waals surface area contributed by atoms with Crippen LogP contribution in [0.15, 0.2) is 36.9 Å². The largest absolute Gasteiger partial charge is 0.367 e. The lowest BCUT2D eigenvalue weighted by Crippen LogP contribution is -2.33. The fourth-order valence-corrected chi connectivity index (χ4v) is 4.80. The van der Waals surface area contributed by atoms with E-state index in [0.29, 0.717) is 11.8 Å². The summed E-state index contributed by atoms with van der Waals surface area (Å²) in [4.78, 5) is 0. The van der Waals surface area contributed by atoms with Crippen LogP contribution in [0.3, 0.4) is 0 Å². The zero-order chi connectivity index (χ0) is 19.2. The molecule has 1 aromatic rings. The fraction of sp³-hybridized carbons (Fsp3) is 0.667. The lowest BCUT2D eigenvalue weighted by atomic mass is 9.79. The van der Waals surface area contributed by atoms with E-state index >= 15 is 0 Å². The van der Waals surface area contributed by atoms with Gasteiger partial charge in [-0.25, -0.2) is 8.78 Å². The smallest absolute Gasteiger partial charge is 0.264 e. The molecule has 0 N–H and O–H groups in total. The quantitative estimate of drug-likeness (QED) is 0.460. The van der Waals surface area contributed by atoms with Crippen molar-refractivity contribution in [1.82, 2.24) is 0 Å². The van der Waals surface area contributed by atoms with Gasteiger partial charge in [0.1, 0.15) is 6.10 Å². The normalized spacial score (nSPS) is 30.2. The molecular formula is C24H34F2O. The van der Waals surface area contributed by atoms with Crippen LogP contribution in [0.1, 0.15) is 75.3 Å². The third-order valence-corrected chi connectivity index (χ3v) is 6.77. The van der Waals surface area contributed by atoms with Crippen molar-refractivity contribution < 1.29 is 13.5 Å². The average Bonchev–Trinajstić information content (AvgIpc) is 2.69. The van der Waals surface area contributed by atoms with Gasteiger partial charge in [0.05, 0.1) is 6.61 Å². The van der Waals surface area contributed by atoms with E-state index < -0.39 is 12.5 Å². The highest BCUT2D eigenvalue weighted by molar-refractivity contribution is 5.25. The summed E-state index contributed by atoms with van der Waals surface area (Å²) in [5.74, 6) is 1.95. The van der Waals surface area contributed by atoms with Gasteiger partial charge in [-0.2, -0.15) is 0 Å². The molecule has 0 aliphatic heterocycles. The maximum absolute atomic E-state index is 13.6. The number of hydrogen-bond donors (Lipinski definition) is 0. The Morgan fingerprint density at radius 3 is 2.19 bits per heavy atom. The van der Waals surface area contributed by atoms with Crippen molar-refractivity contribution in [1.29, 1.82) is 0 Å². The van der Waals surface area contributed by atoms with Crippen molar-refractivity contribution >= 4 is 0 Å². The summed E-state index contributed by atoms with van der Waals surface area (Å²) in [5.41, 5.74) is 2.38. The first-order chi connectivity index (χ1) is 13.1.